The van der Waals surface area contributed by atoms with Gasteiger partial charge in [0.25, 0.3) is 5.91 Å². The number of carbonyl (C=O) groups is 1. The van der Waals surface area contributed by atoms with Crippen molar-refractivity contribution in [2.75, 3.05) is 11.9 Å². The van der Waals surface area contributed by atoms with Gasteiger partial charge in [-0.25, -0.2) is 0 Å². The molecule has 0 saturated heterocycles. The van der Waals surface area contributed by atoms with Gasteiger partial charge in [0, 0.05) is 12.7 Å². The van der Waals surface area contributed by atoms with Gasteiger partial charge in [-0.1, -0.05) is 40.0 Å². The molecule has 1 N–H and O–H groups in total. The topological polar surface area (TPSA) is 71.3 Å². The molecule has 1 rings (SSSR count). The first-order chi connectivity index (χ1) is 12.9. The fourth-order valence-electron chi connectivity index (χ4n) is 2.66. The van der Waals surface area contributed by atoms with Gasteiger partial charge < -0.3 is 14.8 Å². The third-order valence-corrected chi connectivity index (χ3v) is 4.63. The Balaban J connectivity index is 2.94. The standard InChI is InChI=1S/C22H34N2O3/c1-6-9-10-13-22(5,26-14-7-2)21(25)24-20-12-11-19(15-18(20)16-23)27-17(4)8-3/h11-12,15,17H,6-10,13-14H2,1-5H3,(H,24,25). The Labute approximate surface area is 164 Å². The number of nitrogens with one attached hydrogen (secondary N) is 1. The summed E-state index contributed by atoms with van der Waals surface area (Å²) in [5, 5.41) is 12.4. The van der Waals surface area contributed by atoms with Crippen LogP contribution >= 0.6 is 0 Å². The Morgan fingerprint density at radius 3 is 2.59 bits per heavy atom. The van der Waals surface area contributed by atoms with Crippen molar-refractivity contribution in [3.63, 3.8) is 0 Å². The van der Waals surface area contributed by atoms with Crippen molar-refractivity contribution in [2.45, 2.75) is 84.8 Å². The summed E-state index contributed by atoms with van der Waals surface area (Å²) in [6.45, 7) is 10.5. The van der Waals surface area contributed by atoms with E-state index in [1.165, 1.54) is 0 Å². The first-order valence-corrected chi connectivity index (χ1v) is 10.1. The van der Waals surface area contributed by atoms with Crippen LogP contribution in [0.15, 0.2) is 18.2 Å². The Morgan fingerprint density at radius 2 is 2.00 bits per heavy atom. The van der Waals surface area contributed by atoms with E-state index in [1.807, 2.05) is 27.7 Å². The molecule has 0 aliphatic rings. The van der Waals surface area contributed by atoms with Crippen LogP contribution in [0.2, 0.25) is 0 Å². The number of carbonyl (C=O) groups excluding carboxylic acids is 1. The molecule has 0 radical (unpaired) electrons. The number of hydrogen-bond donors (Lipinski definition) is 1. The summed E-state index contributed by atoms with van der Waals surface area (Å²) in [6.07, 6.45) is 5.53. The van der Waals surface area contributed by atoms with Gasteiger partial charge in [-0.05, 0) is 45.2 Å². The Morgan fingerprint density at radius 1 is 1.26 bits per heavy atom. The van der Waals surface area contributed by atoms with Gasteiger partial charge in [-0.3, -0.25) is 4.79 Å². The van der Waals surface area contributed by atoms with Crippen molar-refractivity contribution in [1.82, 2.24) is 0 Å². The zero-order valence-electron chi connectivity index (χ0n) is 17.4. The molecule has 5 nitrogen and oxygen atoms in total. The molecule has 0 aliphatic carbocycles. The lowest BCUT2D eigenvalue weighted by molar-refractivity contribution is -0.140. The lowest BCUT2D eigenvalue weighted by Gasteiger charge is -2.29. The molecular weight excluding hydrogens is 340 g/mol. The summed E-state index contributed by atoms with van der Waals surface area (Å²) in [4.78, 5) is 12.9. The highest BCUT2D eigenvalue weighted by Gasteiger charge is 2.34. The number of benzene rings is 1. The molecule has 0 saturated carbocycles. The SMILES string of the molecule is CCCCCC(C)(OCCC)C(=O)Nc1ccc(OC(C)CC)cc1C#N. The summed E-state index contributed by atoms with van der Waals surface area (Å²) >= 11 is 0. The number of anilines is 1. The number of amides is 1. The van der Waals surface area contributed by atoms with E-state index in [1.54, 1.807) is 18.2 Å². The molecule has 0 bridgehead atoms. The maximum Gasteiger partial charge on any atom is 0.256 e. The molecule has 27 heavy (non-hydrogen) atoms. The summed E-state index contributed by atoms with van der Waals surface area (Å²) in [5.41, 5.74) is -0.0274. The molecule has 0 aliphatic heterocycles. The van der Waals surface area contributed by atoms with Gasteiger partial charge in [0.05, 0.1) is 17.4 Å². The Hall–Kier alpha value is -2.06. The molecule has 5 heteroatoms. The largest absolute Gasteiger partial charge is 0.491 e. The number of rotatable bonds is 12. The molecule has 1 aromatic rings. The van der Waals surface area contributed by atoms with Crippen LogP contribution in [0.5, 0.6) is 5.75 Å². The van der Waals surface area contributed by atoms with Gasteiger partial charge in [-0.2, -0.15) is 5.26 Å². The van der Waals surface area contributed by atoms with Gasteiger partial charge in [0.2, 0.25) is 0 Å². The predicted octanol–water partition coefficient (Wildman–Crippen LogP) is 5.44. The number of hydrogen-bond acceptors (Lipinski definition) is 4. The highest BCUT2D eigenvalue weighted by molar-refractivity contribution is 5.98. The number of nitriles is 1. The average Bonchev–Trinajstić information content (AvgIpc) is 2.67. The van der Waals surface area contributed by atoms with E-state index in [9.17, 15) is 10.1 Å². The molecular formula is C22H34N2O3. The van der Waals surface area contributed by atoms with Gasteiger partial charge in [0.1, 0.15) is 17.4 Å². The zero-order chi connectivity index (χ0) is 20.3. The second-order valence-corrected chi connectivity index (χ2v) is 7.15. The van der Waals surface area contributed by atoms with E-state index in [-0.39, 0.29) is 12.0 Å². The van der Waals surface area contributed by atoms with E-state index in [0.717, 1.165) is 32.1 Å². The zero-order valence-corrected chi connectivity index (χ0v) is 17.4. The minimum absolute atomic E-state index is 0.0706. The summed E-state index contributed by atoms with van der Waals surface area (Å²) < 4.78 is 11.7. The van der Waals surface area contributed by atoms with E-state index < -0.39 is 5.60 Å². The molecule has 0 aromatic heterocycles. The maximum absolute atomic E-state index is 12.9. The molecule has 1 aromatic carbocycles. The third-order valence-electron chi connectivity index (χ3n) is 4.63. The predicted molar refractivity (Wildman–Crippen MR) is 109 cm³/mol. The minimum Gasteiger partial charge on any atom is -0.491 e. The Bertz CT molecular complexity index is 639. The molecule has 0 fully saturated rings. The Kier molecular flexibility index (Phi) is 9.88. The van der Waals surface area contributed by atoms with Gasteiger partial charge in [0.15, 0.2) is 0 Å². The van der Waals surface area contributed by atoms with Crippen molar-refractivity contribution in [3.05, 3.63) is 23.8 Å². The van der Waals surface area contributed by atoms with Crippen LogP contribution in [0.1, 0.15) is 78.7 Å². The van der Waals surface area contributed by atoms with Crippen LogP contribution in [-0.4, -0.2) is 24.2 Å². The first-order valence-electron chi connectivity index (χ1n) is 10.1. The van der Waals surface area contributed by atoms with Crippen molar-refractivity contribution < 1.29 is 14.3 Å². The van der Waals surface area contributed by atoms with E-state index in [0.29, 0.717) is 30.0 Å². The molecule has 2 atom stereocenters. The lowest BCUT2D eigenvalue weighted by Crippen LogP contribution is -2.43. The quantitative estimate of drug-likeness (QED) is 0.495. The van der Waals surface area contributed by atoms with Crippen LogP contribution < -0.4 is 10.1 Å². The first kappa shape index (κ1) is 23.0. The summed E-state index contributed by atoms with van der Waals surface area (Å²) in [7, 11) is 0. The van der Waals surface area contributed by atoms with Crippen LogP contribution in [-0.2, 0) is 9.53 Å². The molecule has 1 amide bonds. The highest BCUT2D eigenvalue weighted by atomic mass is 16.5. The normalized spacial score (nSPS) is 14.1. The van der Waals surface area contributed by atoms with Crippen LogP contribution in [0.4, 0.5) is 5.69 Å². The van der Waals surface area contributed by atoms with Crippen molar-refractivity contribution >= 4 is 11.6 Å². The number of unbranched alkanes of at least 4 members (excludes halogenated alkanes) is 2. The molecule has 0 heterocycles. The highest BCUT2D eigenvalue weighted by Crippen LogP contribution is 2.26. The second kappa shape index (κ2) is 11.6. The molecule has 150 valence electrons. The fraction of sp³-hybridized carbons (Fsp3) is 0.636. The van der Waals surface area contributed by atoms with Crippen molar-refractivity contribution in [1.29, 1.82) is 5.26 Å². The molecule has 2 unspecified atom stereocenters. The third kappa shape index (κ3) is 7.22. The van der Waals surface area contributed by atoms with Gasteiger partial charge >= 0.3 is 0 Å². The van der Waals surface area contributed by atoms with Crippen molar-refractivity contribution in [3.8, 4) is 11.8 Å². The fourth-order valence-corrected chi connectivity index (χ4v) is 2.66. The van der Waals surface area contributed by atoms with Gasteiger partial charge in [-0.15, -0.1) is 0 Å². The number of nitrogens with zero attached hydrogens (tertiary/aromatic N) is 1. The minimum atomic E-state index is -0.899. The van der Waals surface area contributed by atoms with Crippen LogP contribution in [0.25, 0.3) is 0 Å². The van der Waals surface area contributed by atoms with E-state index in [4.69, 9.17) is 9.47 Å². The molecule has 0 spiro atoms. The smallest absolute Gasteiger partial charge is 0.256 e. The summed E-state index contributed by atoms with van der Waals surface area (Å²) in [6, 6.07) is 7.32. The lowest BCUT2D eigenvalue weighted by atomic mass is 9.96. The average molecular weight is 375 g/mol. The van der Waals surface area contributed by atoms with Crippen LogP contribution in [0.3, 0.4) is 0 Å². The van der Waals surface area contributed by atoms with Crippen LogP contribution in [0, 0.1) is 11.3 Å². The monoisotopic (exact) mass is 374 g/mol. The summed E-state index contributed by atoms with van der Waals surface area (Å²) in [5.74, 6) is 0.422. The van der Waals surface area contributed by atoms with E-state index in [2.05, 4.69) is 18.3 Å². The maximum atomic E-state index is 12.9. The van der Waals surface area contributed by atoms with E-state index >= 15 is 0 Å². The second-order valence-electron chi connectivity index (χ2n) is 7.15. The van der Waals surface area contributed by atoms with Crippen molar-refractivity contribution in [2.24, 2.45) is 0 Å². The number of ether oxygens (including phenoxy) is 2.